The van der Waals surface area contributed by atoms with Gasteiger partial charge in [0, 0.05) is 44.5 Å². The molecule has 170 valence electrons. The Morgan fingerprint density at radius 2 is 1.91 bits per heavy atom. The Kier molecular flexibility index (Phi) is 7.14. The van der Waals surface area contributed by atoms with Crippen molar-refractivity contribution in [2.45, 2.75) is 44.8 Å². The van der Waals surface area contributed by atoms with Gasteiger partial charge in [0.2, 0.25) is 0 Å². The molecule has 1 unspecified atom stereocenters. The van der Waals surface area contributed by atoms with E-state index in [1.807, 2.05) is 24.3 Å². The molecule has 1 atom stereocenters. The number of aliphatic imine (C=N–C) groups is 1. The number of rotatable bonds is 8. The van der Waals surface area contributed by atoms with Crippen molar-refractivity contribution < 1.29 is 9.53 Å². The van der Waals surface area contributed by atoms with Gasteiger partial charge in [-0.05, 0) is 56.0 Å². The molecule has 7 nitrogen and oxygen atoms in total. The van der Waals surface area contributed by atoms with Crippen molar-refractivity contribution in [1.82, 2.24) is 16.0 Å². The number of anilines is 1. The molecule has 2 aromatic rings. The van der Waals surface area contributed by atoms with Crippen LogP contribution in [0.2, 0.25) is 0 Å². The highest BCUT2D eigenvalue weighted by Crippen LogP contribution is 2.21. The first-order valence-corrected chi connectivity index (χ1v) is 11.4. The van der Waals surface area contributed by atoms with E-state index in [2.05, 4.69) is 57.0 Å². The summed E-state index contributed by atoms with van der Waals surface area (Å²) in [6.45, 7) is 4.78. The Labute approximate surface area is 190 Å². The molecule has 1 saturated carbocycles. The summed E-state index contributed by atoms with van der Waals surface area (Å²) in [5.41, 5.74) is 3.62. The third-order valence-corrected chi connectivity index (χ3v) is 5.82. The van der Waals surface area contributed by atoms with Crippen molar-refractivity contribution in [2.24, 2.45) is 4.99 Å². The Hall–Kier alpha value is -3.22. The zero-order valence-corrected chi connectivity index (χ0v) is 18.9. The number of carbonyl (C=O) groups is 1. The van der Waals surface area contributed by atoms with E-state index in [4.69, 9.17) is 4.74 Å². The molecule has 0 aromatic heterocycles. The Bertz CT molecular complexity index is 940. The van der Waals surface area contributed by atoms with Crippen LogP contribution in [0.4, 0.5) is 5.69 Å². The minimum Gasteiger partial charge on any atom is -0.484 e. The first-order valence-electron chi connectivity index (χ1n) is 11.4. The highest BCUT2D eigenvalue weighted by Gasteiger charge is 2.24. The van der Waals surface area contributed by atoms with E-state index in [1.165, 1.54) is 11.3 Å². The van der Waals surface area contributed by atoms with Gasteiger partial charge in [-0.25, -0.2) is 0 Å². The number of nitrogens with zero attached hydrogens (tertiary/aromatic N) is 2. The smallest absolute Gasteiger partial charge is 0.258 e. The molecule has 1 amide bonds. The van der Waals surface area contributed by atoms with Gasteiger partial charge in [0.25, 0.3) is 5.91 Å². The van der Waals surface area contributed by atoms with E-state index in [9.17, 15) is 4.79 Å². The van der Waals surface area contributed by atoms with Gasteiger partial charge in [-0.2, -0.15) is 0 Å². The molecular weight excluding hydrogens is 402 g/mol. The molecule has 1 saturated heterocycles. The average Bonchev–Trinajstić information content (AvgIpc) is 3.50. The van der Waals surface area contributed by atoms with Gasteiger partial charge in [0.15, 0.2) is 12.6 Å². The number of hydrogen-bond acceptors (Lipinski definition) is 4. The predicted octanol–water partition coefficient (Wildman–Crippen LogP) is 2.60. The number of benzene rings is 2. The molecule has 3 N–H and O–H groups in total. The normalized spacial score (nSPS) is 18.4. The molecule has 7 heteroatoms. The minimum absolute atomic E-state index is 0.0514. The zero-order chi connectivity index (χ0) is 22.3. The summed E-state index contributed by atoms with van der Waals surface area (Å²) in [5, 5.41) is 9.86. The molecular formula is C25H33N5O2. The number of aryl methyl sites for hydroxylation is 1. The van der Waals surface area contributed by atoms with Crippen LogP contribution in [0.3, 0.4) is 0 Å². The number of guanidine groups is 1. The van der Waals surface area contributed by atoms with Crippen molar-refractivity contribution in [3.05, 3.63) is 59.7 Å². The molecule has 0 spiro atoms. The summed E-state index contributed by atoms with van der Waals surface area (Å²) in [4.78, 5) is 18.6. The molecule has 4 rings (SSSR count). The SMILES string of the molecule is CN=C(NCc1cccc(OCC(=O)NC2CC2)c1)NC1CCN(c2ccc(C)cc2)C1. The van der Waals surface area contributed by atoms with Crippen LogP contribution in [0.15, 0.2) is 53.5 Å². The average molecular weight is 436 g/mol. The van der Waals surface area contributed by atoms with Crippen LogP contribution in [0.5, 0.6) is 5.75 Å². The Morgan fingerprint density at radius 3 is 2.66 bits per heavy atom. The first kappa shape index (κ1) is 22.0. The predicted molar refractivity (Wildman–Crippen MR) is 128 cm³/mol. The second kappa shape index (κ2) is 10.4. The van der Waals surface area contributed by atoms with Crippen molar-refractivity contribution in [3.63, 3.8) is 0 Å². The highest BCUT2D eigenvalue weighted by molar-refractivity contribution is 5.80. The first-order chi connectivity index (χ1) is 15.6. The number of carbonyl (C=O) groups excluding carboxylic acids is 1. The maximum atomic E-state index is 11.8. The molecule has 2 aliphatic rings. The van der Waals surface area contributed by atoms with Crippen LogP contribution in [-0.4, -0.2) is 50.7 Å². The Balaban J connectivity index is 1.23. The zero-order valence-electron chi connectivity index (χ0n) is 18.9. The summed E-state index contributed by atoms with van der Waals surface area (Å²) in [5.74, 6) is 1.43. The summed E-state index contributed by atoms with van der Waals surface area (Å²) in [6, 6.07) is 17.2. The number of hydrogen-bond donors (Lipinski definition) is 3. The van der Waals surface area contributed by atoms with E-state index in [-0.39, 0.29) is 12.5 Å². The fraction of sp³-hybridized carbons (Fsp3) is 0.440. The van der Waals surface area contributed by atoms with Crippen LogP contribution in [-0.2, 0) is 11.3 Å². The lowest BCUT2D eigenvalue weighted by Crippen LogP contribution is -2.44. The standard InChI is InChI=1S/C25H33N5O2/c1-18-6-10-22(11-7-18)30-13-12-21(16-30)29-25(26-2)27-15-19-4-3-5-23(14-19)32-17-24(31)28-20-8-9-20/h3-7,10-11,14,20-21H,8-9,12-13,15-17H2,1-2H3,(H,28,31)(H2,26,27,29). The summed E-state index contributed by atoms with van der Waals surface area (Å²) in [6.07, 6.45) is 3.22. The second-order valence-electron chi connectivity index (χ2n) is 8.62. The molecule has 1 aliphatic carbocycles. The van der Waals surface area contributed by atoms with E-state index < -0.39 is 0 Å². The lowest BCUT2D eigenvalue weighted by molar-refractivity contribution is -0.123. The second-order valence-corrected chi connectivity index (χ2v) is 8.62. The Morgan fingerprint density at radius 1 is 1.09 bits per heavy atom. The van der Waals surface area contributed by atoms with Crippen LogP contribution < -0.4 is 25.6 Å². The monoisotopic (exact) mass is 435 g/mol. The van der Waals surface area contributed by atoms with Gasteiger partial charge in [0.1, 0.15) is 5.75 Å². The summed E-state index contributed by atoms with van der Waals surface area (Å²) < 4.78 is 5.65. The quantitative estimate of drug-likeness (QED) is 0.439. The van der Waals surface area contributed by atoms with Crippen molar-refractivity contribution in [2.75, 3.05) is 31.6 Å². The van der Waals surface area contributed by atoms with Crippen molar-refractivity contribution in [3.8, 4) is 5.75 Å². The molecule has 1 heterocycles. The lowest BCUT2D eigenvalue weighted by atomic mass is 10.2. The minimum atomic E-state index is -0.0584. The fourth-order valence-electron chi connectivity index (χ4n) is 3.83. The number of nitrogens with one attached hydrogen (secondary N) is 3. The third-order valence-electron chi connectivity index (χ3n) is 5.82. The molecule has 0 bridgehead atoms. The van der Waals surface area contributed by atoms with Gasteiger partial charge in [-0.15, -0.1) is 0 Å². The van der Waals surface area contributed by atoms with E-state index in [0.29, 0.717) is 24.4 Å². The third kappa shape index (κ3) is 6.39. The lowest BCUT2D eigenvalue weighted by Gasteiger charge is -2.20. The van der Waals surface area contributed by atoms with Crippen LogP contribution in [0.1, 0.15) is 30.4 Å². The number of amides is 1. The molecule has 0 radical (unpaired) electrons. The van der Waals surface area contributed by atoms with Crippen molar-refractivity contribution >= 4 is 17.6 Å². The summed E-state index contributed by atoms with van der Waals surface area (Å²) in [7, 11) is 1.79. The maximum absolute atomic E-state index is 11.8. The number of ether oxygens (including phenoxy) is 1. The highest BCUT2D eigenvalue weighted by atomic mass is 16.5. The molecule has 2 aromatic carbocycles. The summed E-state index contributed by atoms with van der Waals surface area (Å²) >= 11 is 0. The van der Waals surface area contributed by atoms with Gasteiger partial charge in [-0.3, -0.25) is 9.79 Å². The molecule has 1 aliphatic heterocycles. The maximum Gasteiger partial charge on any atom is 0.258 e. The van der Waals surface area contributed by atoms with Crippen molar-refractivity contribution in [1.29, 1.82) is 0 Å². The van der Waals surface area contributed by atoms with E-state index in [1.54, 1.807) is 7.05 Å². The molecule has 2 fully saturated rings. The van der Waals surface area contributed by atoms with E-state index in [0.717, 1.165) is 43.9 Å². The van der Waals surface area contributed by atoms with Gasteiger partial charge in [0.05, 0.1) is 0 Å². The van der Waals surface area contributed by atoms with Crippen LogP contribution in [0.25, 0.3) is 0 Å². The molecule has 32 heavy (non-hydrogen) atoms. The van der Waals surface area contributed by atoms with E-state index >= 15 is 0 Å². The van der Waals surface area contributed by atoms with Gasteiger partial charge < -0.3 is 25.6 Å². The van der Waals surface area contributed by atoms with Gasteiger partial charge >= 0.3 is 0 Å². The van der Waals surface area contributed by atoms with Crippen LogP contribution in [0, 0.1) is 6.92 Å². The topological polar surface area (TPSA) is 78.0 Å². The largest absolute Gasteiger partial charge is 0.484 e. The van der Waals surface area contributed by atoms with Crippen LogP contribution >= 0.6 is 0 Å². The van der Waals surface area contributed by atoms with Gasteiger partial charge in [-0.1, -0.05) is 29.8 Å². The fourth-order valence-corrected chi connectivity index (χ4v) is 3.83.